The lowest BCUT2D eigenvalue weighted by molar-refractivity contribution is -0.153. The van der Waals surface area contributed by atoms with Gasteiger partial charge in [-0.05, 0) is 55.2 Å². The summed E-state index contributed by atoms with van der Waals surface area (Å²) in [6, 6.07) is 7.87. The largest absolute Gasteiger partial charge is 0.497 e. The van der Waals surface area contributed by atoms with E-state index >= 15 is 0 Å². The second kappa shape index (κ2) is 8.02. The molecule has 0 aliphatic heterocycles. The predicted octanol–water partition coefficient (Wildman–Crippen LogP) is 3.97. The number of benzene rings is 1. The maximum atomic E-state index is 12.3. The van der Waals surface area contributed by atoms with Gasteiger partial charge in [-0.2, -0.15) is 0 Å². The van der Waals surface area contributed by atoms with E-state index in [0.717, 1.165) is 24.2 Å². The van der Waals surface area contributed by atoms with Gasteiger partial charge in [-0.15, -0.1) is 0 Å². The molecule has 1 aromatic rings. The van der Waals surface area contributed by atoms with Crippen molar-refractivity contribution in [3.63, 3.8) is 0 Å². The van der Waals surface area contributed by atoms with Crippen molar-refractivity contribution >= 4 is 5.97 Å². The van der Waals surface area contributed by atoms with Gasteiger partial charge in [0.25, 0.3) is 0 Å². The standard InChI is InChI=1S/C20H28O4/c1-14-18(13-23-12-15-8-10-16(22-2)11-9-15)19(14)20(21)24-17-6-4-3-5-7-17/h8-11,14,17-19H,3-7,12-13H2,1-2H3. The Morgan fingerprint density at radius 3 is 2.50 bits per heavy atom. The second-order valence-electron chi connectivity index (χ2n) is 7.11. The Kier molecular flexibility index (Phi) is 5.77. The van der Waals surface area contributed by atoms with Crippen LogP contribution < -0.4 is 4.74 Å². The molecule has 4 nitrogen and oxygen atoms in total. The number of esters is 1. The van der Waals surface area contributed by atoms with E-state index < -0.39 is 0 Å². The molecule has 0 spiro atoms. The summed E-state index contributed by atoms with van der Waals surface area (Å²) < 4.78 is 16.7. The first-order valence-corrected chi connectivity index (χ1v) is 9.10. The summed E-state index contributed by atoms with van der Waals surface area (Å²) in [5, 5.41) is 0. The van der Waals surface area contributed by atoms with Crippen LogP contribution in [0.25, 0.3) is 0 Å². The normalized spacial score (nSPS) is 26.8. The van der Waals surface area contributed by atoms with Crippen LogP contribution in [0.15, 0.2) is 24.3 Å². The van der Waals surface area contributed by atoms with Crippen molar-refractivity contribution < 1.29 is 19.0 Å². The molecule has 24 heavy (non-hydrogen) atoms. The Morgan fingerprint density at radius 1 is 1.12 bits per heavy atom. The number of methoxy groups -OCH3 is 1. The van der Waals surface area contributed by atoms with E-state index in [0.29, 0.717) is 25.0 Å². The van der Waals surface area contributed by atoms with Crippen molar-refractivity contribution in [1.82, 2.24) is 0 Å². The SMILES string of the molecule is COc1ccc(COCC2C(C)C2C(=O)OC2CCCCC2)cc1. The summed E-state index contributed by atoms with van der Waals surface area (Å²) in [6.07, 6.45) is 5.87. The first-order valence-electron chi connectivity index (χ1n) is 9.10. The molecule has 3 unspecified atom stereocenters. The Labute approximate surface area is 144 Å². The minimum absolute atomic E-state index is 0.00699. The van der Waals surface area contributed by atoms with E-state index in [1.165, 1.54) is 19.3 Å². The van der Waals surface area contributed by atoms with Gasteiger partial charge in [-0.3, -0.25) is 4.79 Å². The van der Waals surface area contributed by atoms with Gasteiger partial charge >= 0.3 is 5.97 Å². The fourth-order valence-electron chi connectivity index (χ4n) is 3.65. The molecule has 3 atom stereocenters. The highest BCUT2D eigenvalue weighted by atomic mass is 16.5. The van der Waals surface area contributed by atoms with E-state index in [2.05, 4.69) is 6.92 Å². The summed E-state index contributed by atoms with van der Waals surface area (Å²) in [5.41, 5.74) is 1.12. The smallest absolute Gasteiger partial charge is 0.309 e. The molecule has 3 rings (SSSR count). The van der Waals surface area contributed by atoms with E-state index in [1.807, 2.05) is 24.3 Å². The monoisotopic (exact) mass is 332 g/mol. The van der Waals surface area contributed by atoms with Gasteiger partial charge in [0.15, 0.2) is 0 Å². The Balaban J connectivity index is 1.39. The van der Waals surface area contributed by atoms with Gasteiger partial charge in [-0.1, -0.05) is 25.5 Å². The van der Waals surface area contributed by atoms with Crippen molar-refractivity contribution in [2.24, 2.45) is 17.8 Å². The molecular weight excluding hydrogens is 304 g/mol. The highest BCUT2D eigenvalue weighted by Gasteiger charge is 2.53. The topological polar surface area (TPSA) is 44.8 Å². The first kappa shape index (κ1) is 17.3. The van der Waals surface area contributed by atoms with Crippen molar-refractivity contribution in [3.8, 4) is 5.75 Å². The molecule has 0 amide bonds. The molecule has 1 aromatic carbocycles. The molecule has 2 aliphatic rings. The van der Waals surface area contributed by atoms with E-state index in [4.69, 9.17) is 14.2 Å². The predicted molar refractivity (Wildman–Crippen MR) is 91.8 cm³/mol. The highest BCUT2D eigenvalue weighted by Crippen LogP contribution is 2.47. The fraction of sp³-hybridized carbons (Fsp3) is 0.650. The van der Waals surface area contributed by atoms with Crippen molar-refractivity contribution in [3.05, 3.63) is 29.8 Å². The Morgan fingerprint density at radius 2 is 1.83 bits per heavy atom. The van der Waals surface area contributed by atoms with Crippen molar-refractivity contribution in [1.29, 1.82) is 0 Å². The lowest BCUT2D eigenvalue weighted by Crippen LogP contribution is -2.22. The minimum Gasteiger partial charge on any atom is -0.497 e. The molecule has 2 saturated carbocycles. The van der Waals surface area contributed by atoms with Crippen LogP contribution in [-0.2, 0) is 20.9 Å². The zero-order valence-electron chi connectivity index (χ0n) is 14.7. The summed E-state index contributed by atoms with van der Waals surface area (Å²) in [7, 11) is 1.66. The molecule has 0 heterocycles. The van der Waals surface area contributed by atoms with Crippen LogP contribution >= 0.6 is 0 Å². The van der Waals surface area contributed by atoms with Gasteiger partial charge in [0.2, 0.25) is 0 Å². The molecule has 0 N–H and O–H groups in total. The number of carbonyl (C=O) groups excluding carboxylic acids is 1. The van der Waals surface area contributed by atoms with Crippen LogP contribution in [0.5, 0.6) is 5.75 Å². The summed E-state index contributed by atoms with van der Waals surface area (Å²) >= 11 is 0. The third kappa shape index (κ3) is 4.29. The first-order chi connectivity index (χ1) is 11.7. The summed E-state index contributed by atoms with van der Waals surface area (Å²) in [6.45, 7) is 3.31. The van der Waals surface area contributed by atoms with Crippen molar-refractivity contribution in [2.45, 2.75) is 51.7 Å². The summed E-state index contributed by atoms with van der Waals surface area (Å²) in [4.78, 5) is 12.3. The van der Waals surface area contributed by atoms with Gasteiger partial charge in [0, 0.05) is 0 Å². The van der Waals surface area contributed by atoms with Gasteiger partial charge in [0.05, 0.1) is 26.2 Å². The molecule has 2 fully saturated rings. The molecule has 0 aromatic heterocycles. The minimum atomic E-state index is -0.00699. The quantitative estimate of drug-likeness (QED) is 0.709. The molecule has 132 valence electrons. The van der Waals surface area contributed by atoms with Crippen LogP contribution in [0.1, 0.15) is 44.6 Å². The van der Waals surface area contributed by atoms with Gasteiger partial charge in [-0.25, -0.2) is 0 Å². The van der Waals surface area contributed by atoms with E-state index in [9.17, 15) is 4.79 Å². The Hall–Kier alpha value is -1.55. The molecule has 4 heteroatoms. The van der Waals surface area contributed by atoms with Crippen LogP contribution in [0.3, 0.4) is 0 Å². The van der Waals surface area contributed by atoms with Gasteiger partial charge in [0.1, 0.15) is 11.9 Å². The highest BCUT2D eigenvalue weighted by molar-refractivity contribution is 5.76. The number of carbonyl (C=O) groups is 1. The zero-order valence-corrected chi connectivity index (χ0v) is 14.7. The maximum absolute atomic E-state index is 12.3. The molecule has 0 saturated heterocycles. The number of ether oxygens (including phenoxy) is 3. The molecule has 0 bridgehead atoms. The number of rotatable bonds is 7. The lowest BCUT2D eigenvalue weighted by atomic mass is 9.98. The molecular formula is C20H28O4. The average molecular weight is 332 g/mol. The van der Waals surface area contributed by atoms with Crippen LogP contribution in [-0.4, -0.2) is 25.8 Å². The van der Waals surface area contributed by atoms with E-state index in [-0.39, 0.29) is 18.0 Å². The second-order valence-corrected chi connectivity index (χ2v) is 7.11. The van der Waals surface area contributed by atoms with Crippen LogP contribution in [0, 0.1) is 17.8 Å². The number of hydrogen-bond donors (Lipinski definition) is 0. The maximum Gasteiger partial charge on any atom is 0.309 e. The van der Waals surface area contributed by atoms with Gasteiger partial charge < -0.3 is 14.2 Å². The third-order valence-electron chi connectivity index (χ3n) is 5.41. The fourth-order valence-corrected chi connectivity index (χ4v) is 3.65. The van der Waals surface area contributed by atoms with E-state index in [1.54, 1.807) is 7.11 Å². The molecule has 0 radical (unpaired) electrons. The van der Waals surface area contributed by atoms with Crippen LogP contribution in [0.2, 0.25) is 0 Å². The lowest BCUT2D eigenvalue weighted by Gasteiger charge is -2.21. The summed E-state index contributed by atoms with van der Waals surface area (Å²) in [5.74, 6) is 1.55. The number of hydrogen-bond acceptors (Lipinski definition) is 4. The zero-order chi connectivity index (χ0) is 16.9. The molecule has 2 aliphatic carbocycles. The third-order valence-corrected chi connectivity index (χ3v) is 5.41. The van der Waals surface area contributed by atoms with Crippen LogP contribution in [0.4, 0.5) is 0 Å². The average Bonchev–Trinajstić information content (AvgIpc) is 3.26. The van der Waals surface area contributed by atoms with Crippen molar-refractivity contribution in [2.75, 3.05) is 13.7 Å². The Bertz CT molecular complexity index is 533.